The highest BCUT2D eigenvalue weighted by atomic mass is 32.2. The molecule has 0 aromatic heterocycles. The number of carboxylic acids is 4. The van der Waals surface area contributed by atoms with Crippen molar-refractivity contribution >= 4 is 96.7 Å². The Hall–Kier alpha value is -4.72. The van der Waals surface area contributed by atoms with Gasteiger partial charge in [0.15, 0.2) is 0 Å². The first-order chi connectivity index (χ1) is 41.5. The van der Waals surface area contributed by atoms with E-state index in [9.17, 15) is 71.1 Å². The Morgan fingerprint density at radius 1 is 0.273 bits per heavy atom. The molecule has 0 unspecified atom stereocenters. The number of quaternary nitrogens is 4. The van der Waals surface area contributed by atoms with Crippen molar-refractivity contribution in [2.45, 2.75) is 251 Å². The molecule has 0 aliphatic heterocycles. The lowest BCUT2D eigenvalue weighted by Gasteiger charge is -2.23. The van der Waals surface area contributed by atoms with Gasteiger partial charge < -0.3 is 61.6 Å². The molecule has 4 rings (SSSR count). The van der Waals surface area contributed by atoms with Gasteiger partial charge in [-0.15, -0.1) is 0 Å². The molecule has 4 aromatic carbocycles. The summed E-state index contributed by atoms with van der Waals surface area (Å²) >= 11 is 0. The third kappa shape index (κ3) is 38.1. The second-order valence-corrected chi connectivity index (χ2v) is 27.3. The van der Waals surface area contributed by atoms with Crippen LogP contribution in [0.5, 0.6) is 0 Å². The topological polar surface area (TPSA) is 489 Å². The molecule has 0 aliphatic carbocycles. The van der Waals surface area contributed by atoms with Crippen molar-refractivity contribution in [1.29, 1.82) is 0 Å². The molecule has 0 radical (unpaired) electrons. The zero-order valence-corrected chi connectivity index (χ0v) is 54.8. The van der Waals surface area contributed by atoms with E-state index in [1.165, 1.54) is 154 Å². The maximum absolute atomic E-state index is 11.8. The number of carbonyl (C=O) groups is 4. The Morgan fingerprint density at radius 3 is 0.534 bits per heavy atom. The van der Waals surface area contributed by atoms with Gasteiger partial charge in [-0.3, -0.25) is 19.2 Å². The van der Waals surface area contributed by atoms with E-state index in [1.807, 2.05) is 0 Å². The average molecular weight is 1330 g/mol. The number of benzene rings is 4. The maximum atomic E-state index is 11.8. The van der Waals surface area contributed by atoms with Gasteiger partial charge >= 0.3 is 23.9 Å². The van der Waals surface area contributed by atoms with Crippen molar-refractivity contribution in [2.75, 3.05) is 26.2 Å². The monoisotopic (exact) mass is 1330 g/mol. The predicted octanol–water partition coefficient (Wildman–Crippen LogP) is 7.50. The lowest BCUT2D eigenvalue weighted by molar-refractivity contribution is -0.368. The molecule has 0 atom stereocenters. The summed E-state index contributed by atoms with van der Waals surface area (Å²) in [6.45, 7) is 4.22. The number of hydrogen-bond acceptors (Lipinski definition) is 16. The highest BCUT2D eigenvalue weighted by molar-refractivity contribution is 7.87. The Morgan fingerprint density at radius 2 is 0.409 bits per heavy atom. The van der Waals surface area contributed by atoms with Crippen molar-refractivity contribution in [3.63, 3.8) is 0 Å². The van der Waals surface area contributed by atoms with Gasteiger partial charge in [-0.25, -0.2) is 33.7 Å². The van der Waals surface area contributed by atoms with Gasteiger partial charge in [-0.2, -0.15) is 0 Å². The molecule has 0 saturated heterocycles. The van der Waals surface area contributed by atoms with Crippen LogP contribution in [-0.4, -0.2) is 122 Å². The van der Waals surface area contributed by atoms with Crippen LogP contribution in [0.3, 0.4) is 0 Å². The fraction of sp³-hybridized carbons (Fsp3) is 0.667. The largest absolute Gasteiger partial charge is 0.744 e. The van der Waals surface area contributed by atoms with Gasteiger partial charge in [0.05, 0.1) is 45.8 Å². The molecule has 28 heteroatoms. The number of rotatable bonds is 44. The second kappa shape index (κ2) is 47.2. The molecule has 88 heavy (non-hydrogen) atoms. The molecule has 0 spiro atoms. The molecular formula is C60H102N4O20S4. The lowest BCUT2D eigenvalue weighted by atomic mass is 9.94. The maximum Gasteiger partial charge on any atom is 0.303 e. The normalized spacial score (nSPS) is 11.7. The summed E-state index contributed by atoms with van der Waals surface area (Å²) in [4.78, 5) is 36.2. The minimum Gasteiger partial charge on any atom is -0.744 e. The summed E-state index contributed by atoms with van der Waals surface area (Å²) in [6, 6.07) is 4.27. The standard InChI is InChI=1S/C16H10O12S4.4C11H23NO2/c17-29(18,19)11-5-13(31(23,24)25)9-3-4-10-14(32(26,27)28)6-12(30(20,21)22)8-2-1-7(11)15(9)16(8)10;4*12-10-8-6-4-2-1-3-5-7-9-11(13)14/h1-6H,(H,17,18,19)(H,20,21,22)(H,23,24,25)(H,26,27,28);4*1-10,12H2,(H,13,14). The predicted molar refractivity (Wildman–Crippen MR) is 330 cm³/mol. The van der Waals surface area contributed by atoms with Crippen molar-refractivity contribution in [2.24, 2.45) is 0 Å². The van der Waals surface area contributed by atoms with Gasteiger partial charge in [-0.05, 0) is 100.0 Å². The van der Waals surface area contributed by atoms with E-state index in [-0.39, 0.29) is 0 Å². The fourth-order valence-electron chi connectivity index (χ4n) is 9.75. The van der Waals surface area contributed by atoms with E-state index in [4.69, 9.17) is 20.4 Å². The van der Waals surface area contributed by atoms with Crippen LogP contribution in [0.4, 0.5) is 0 Å². The Bertz CT molecular complexity index is 2690. The smallest absolute Gasteiger partial charge is 0.303 e. The molecule has 0 amide bonds. The summed E-state index contributed by atoms with van der Waals surface area (Å²) in [5, 5.41) is 30.7. The van der Waals surface area contributed by atoms with Gasteiger partial charge in [0.1, 0.15) is 40.5 Å². The van der Waals surface area contributed by atoms with Crippen molar-refractivity contribution in [1.82, 2.24) is 0 Å². The van der Waals surface area contributed by atoms with Crippen LogP contribution in [0.15, 0.2) is 56.0 Å². The highest BCUT2D eigenvalue weighted by Gasteiger charge is 2.25. The Kier molecular flexibility index (Phi) is 44.7. The lowest BCUT2D eigenvalue weighted by Crippen LogP contribution is -2.50. The number of aliphatic carboxylic acids is 4. The molecule has 0 aliphatic rings. The summed E-state index contributed by atoms with van der Waals surface area (Å²) < 4.78 is 141. The second-order valence-electron chi connectivity index (χ2n) is 21.9. The number of hydrogen-bond donors (Lipinski definition) is 8. The minimum absolute atomic E-state index is 0.335. The summed E-state index contributed by atoms with van der Waals surface area (Å²) in [5.74, 6) is -2.67. The zero-order chi connectivity index (χ0) is 66.6. The average Bonchev–Trinajstić information content (AvgIpc) is 0.937. The van der Waals surface area contributed by atoms with E-state index in [1.54, 1.807) is 0 Å². The number of unbranched alkanes of at least 4 members (excludes halogenated alkanes) is 28. The van der Waals surface area contributed by atoms with Crippen LogP contribution in [0.1, 0.15) is 231 Å². The fourth-order valence-corrected chi connectivity index (χ4v) is 12.7. The van der Waals surface area contributed by atoms with E-state index in [0.717, 1.165) is 102 Å². The van der Waals surface area contributed by atoms with E-state index in [0.29, 0.717) is 37.8 Å². The molecule has 16 N–H and O–H groups in total. The third-order valence-corrected chi connectivity index (χ3v) is 17.9. The van der Waals surface area contributed by atoms with Gasteiger partial charge in [0.25, 0.3) is 0 Å². The summed E-state index contributed by atoms with van der Waals surface area (Å²) in [7, 11) is -21.6. The third-order valence-electron chi connectivity index (χ3n) is 14.4. The molecule has 4 aromatic rings. The molecule has 0 heterocycles. The van der Waals surface area contributed by atoms with Gasteiger partial charge in [-0.1, -0.05) is 153 Å². The quantitative estimate of drug-likeness (QED) is 0.0121. The molecule has 0 fully saturated rings. The van der Waals surface area contributed by atoms with Crippen LogP contribution in [0.25, 0.3) is 32.3 Å². The summed E-state index contributed by atoms with van der Waals surface area (Å²) in [5.41, 5.74) is 15.2. The first-order valence-electron chi connectivity index (χ1n) is 31.2. The van der Waals surface area contributed by atoms with E-state index >= 15 is 0 Å². The van der Waals surface area contributed by atoms with Gasteiger partial charge in [0.2, 0.25) is 0 Å². The van der Waals surface area contributed by atoms with Crippen LogP contribution in [0.2, 0.25) is 0 Å². The van der Waals surface area contributed by atoms with Crippen LogP contribution in [-0.2, 0) is 59.7 Å². The highest BCUT2D eigenvalue weighted by Crippen LogP contribution is 2.44. The van der Waals surface area contributed by atoms with Crippen LogP contribution < -0.4 is 22.9 Å². The minimum atomic E-state index is -5.40. The first kappa shape index (κ1) is 83.3. The molecule has 506 valence electrons. The van der Waals surface area contributed by atoms with Crippen molar-refractivity contribution < 1.29 is 114 Å². The van der Waals surface area contributed by atoms with E-state index < -0.39 is 116 Å². The summed E-state index contributed by atoms with van der Waals surface area (Å²) in [6.07, 6.45) is 39.5. The molecular weight excluding hydrogens is 1220 g/mol. The molecule has 0 bridgehead atoms. The zero-order valence-electron chi connectivity index (χ0n) is 51.5. The Labute approximate surface area is 521 Å². The molecule has 0 saturated carbocycles. The number of carboxylic acid groups (broad SMARTS) is 4. The molecule has 24 nitrogen and oxygen atoms in total. The Balaban J connectivity index is 0.00000116. The van der Waals surface area contributed by atoms with Crippen LogP contribution in [0, 0.1) is 0 Å². The van der Waals surface area contributed by atoms with Gasteiger partial charge in [0, 0.05) is 47.2 Å². The SMILES string of the molecule is O=S(=O)([O-])c1cc(S(=O)(=O)[O-])c2ccc3c(S(=O)(=O)[O-])cc(S(=O)(=O)[O-])c4ccc1c2c43.[NH3+]CCCCCCCCCCC(=O)O.[NH3+]CCCCCCCCCCC(=O)O.[NH3+]CCCCCCCCCCC(=O)O.[NH3+]CCCCCCCCCCC(=O)O. The van der Waals surface area contributed by atoms with E-state index in [2.05, 4.69) is 22.9 Å². The van der Waals surface area contributed by atoms with Crippen molar-refractivity contribution in [3.8, 4) is 0 Å². The van der Waals surface area contributed by atoms with Crippen molar-refractivity contribution in [3.05, 3.63) is 36.4 Å². The first-order valence-corrected chi connectivity index (χ1v) is 36.8. The van der Waals surface area contributed by atoms with Crippen LogP contribution >= 0.6 is 0 Å².